The molecule has 2 atom stereocenters. The Kier molecular flexibility index (Phi) is 4.30. The fraction of sp³-hybridized carbons (Fsp3) is 0.429. The average Bonchev–Trinajstić information content (AvgIpc) is 2.67. The van der Waals surface area contributed by atoms with Crippen molar-refractivity contribution in [2.75, 3.05) is 44.7 Å². The fourth-order valence-corrected chi connectivity index (χ4v) is 4.16. The number of fused-ring (bicyclic) bond motifs is 3. The van der Waals surface area contributed by atoms with Gasteiger partial charge in [0.05, 0.1) is 0 Å². The van der Waals surface area contributed by atoms with Crippen LogP contribution in [0.1, 0.15) is 35.6 Å². The van der Waals surface area contributed by atoms with Crippen molar-refractivity contribution < 1.29 is 0 Å². The van der Waals surface area contributed by atoms with Crippen LogP contribution in [0.4, 0.5) is 5.69 Å². The van der Waals surface area contributed by atoms with E-state index in [-0.39, 0.29) is 0 Å². The van der Waals surface area contributed by atoms with E-state index in [0.717, 1.165) is 32.7 Å². The maximum atomic E-state index is 3.58. The molecule has 1 fully saturated rings. The SMILES string of the molecule is CCN(C)c1ccc2c(c1)[C@H](c1ccccc1)CN1CCNC[C@H]21. The van der Waals surface area contributed by atoms with Gasteiger partial charge in [-0.15, -0.1) is 0 Å². The maximum Gasteiger partial charge on any atom is 0.0476 e. The smallest absolute Gasteiger partial charge is 0.0476 e. The van der Waals surface area contributed by atoms with Gasteiger partial charge >= 0.3 is 0 Å². The van der Waals surface area contributed by atoms with E-state index in [1.807, 2.05) is 0 Å². The van der Waals surface area contributed by atoms with Gasteiger partial charge in [0.1, 0.15) is 0 Å². The Balaban J connectivity index is 1.81. The molecule has 4 rings (SSSR count). The van der Waals surface area contributed by atoms with E-state index in [1.165, 1.54) is 22.4 Å². The van der Waals surface area contributed by atoms with Crippen molar-refractivity contribution in [1.29, 1.82) is 0 Å². The van der Waals surface area contributed by atoms with E-state index in [9.17, 15) is 0 Å². The number of benzene rings is 2. The van der Waals surface area contributed by atoms with E-state index in [4.69, 9.17) is 0 Å². The minimum atomic E-state index is 0.473. The highest BCUT2D eigenvalue weighted by molar-refractivity contribution is 5.55. The van der Waals surface area contributed by atoms with Crippen LogP contribution < -0.4 is 10.2 Å². The van der Waals surface area contributed by atoms with Gasteiger partial charge in [-0.25, -0.2) is 0 Å². The molecular weight excluding hydrogens is 294 g/mol. The van der Waals surface area contributed by atoms with Crippen LogP contribution in [-0.4, -0.2) is 44.7 Å². The number of nitrogens with one attached hydrogen (secondary N) is 1. The Labute approximate surface area is 145 Å². The predicted molar refractivity (Wildman–Crippen MR) is 101 cm³/mol. The largest absolute Gasteiger partial charge is 0.375 e. The third-order valence-electron chi connectivity index (χ3n) is 5.69. The maximum absolute atomic E-state index is 3.58. The van der Waals surface area contributed by atoms with Crippen molar-refractivity contribution in [1.82, 2.24) is 10.2 Å². The first-order valence-corrected chi connectivity index (χ1v) is 9.12. The first-order valence-electron chi connectivity index (χ1n) is 9.12. The van der Waals surface area contributed by atoms with Gasteiger partial charge in [0.25, 0.3) is 0 Å². The van der Waals surface area contributed by atoms with Crippen molar-refractivity contribution in [2.24, 2.45) is 0 Å². The van der Waals surface area contributed by atoms with Crippen LogP contribution >= 0.6 is 0 Å². The van der Waals surface area contributed by atoms with Crippen molar-refractivity contribution in [3.63, 3.8) is 0 Å². The predicted octanol–water partition coefficient (Wildman–Crippen LogP) is 3.23. The second kappa shape index (κ2) is 6.58. The summed E-state index contributed by atoms with van der Waals surface area (Å²) in [6.45, 7) is 7.68. The zero-order chi connectivity index (χ0) is 16.5. The van der Waals surface area contributed by atoms with E-state index < -0.39 is 0 Å². The number of hydrogen-bond acceptors (Lipinski definition) is 3. The highest BCUT2D eigenvalue weighted by Gasteiger charge is 2.35. The Morgan fingerprint density at radius 2 is 1.96 bits per heavy atom. The molecule has 126 valence electrons. The molecule has 1 saturated heterocycles. The van der Waals surface area contributed by atoms with Crippen LogP contribution in [0.3, 0.4) is 0 Å². The van der Waals surface area contributed by atoms with E-state index in [0.29, 0.717) is 12.0 Å². The highest BCUT2D eigenvalue weighted by atomic mass is 15.2. The first-order chi connectivity index (χ1) is 11.8. The van der Waals surface area contributed by atoms with E-state index >= 15 is 0 Å². The van der Waals surface area contributed by atoms with Crippen molar-refractivity contribution in [3.8, 4) is 0 Å². The average molecular weight is 321 g/mol. The topological polar surface area (TPSA) is 18.5 Å². The molecule has 3 nitrogen and oxygen atoms in total. The molecule has 2 heterocycles. The molecule has 3 heteroatoms. The highest BCUT2D eigenvalue weighted by Crippen LogP contribution is 2.41. The molecule has 24 heavy (non-hydrogen) atoms. The molecule has 1 N–H and O–H groups in total. The van der Waals surface area contributed by atoms with Crippen molar-refractivity contribution in [2.45, 2.75) is 18.9 Å². The fourth-order valence-electron chi connectivity index (χ4n) is 4.16. The Bertz CT molecular complexity index is 697. The molecule has 2 aromatic rings. The lowest BCUT2D eigenvalue weighted by Crippen LogP contribution is -2.50. The molecule has 0 bridgehead atoms. The number of hydrogen-bond donors (Lipinski definition) is 1. The van der Waals surface area contributed by atoms with Crippen molar-refractivity contribution >= 4 is 5.69 Å². The van der Waals surface area contributed by atoms with Crippen LogP contribution in [0.15, 0.2) is 48.5 Å². The summed E-state index contributed by atoms with van der Waals surface area (Å²) in [4.78, 5) is 4.99. The van der Waals surface area contributed by atoms with Crippen LogP contribution in [0.2, 0.25) is 0 Å². The molecule has 2 aromatic carbocycles. The summed E-state index contributed by atoms with van der Waals surface area (Å²) in [5.41, 5.74) is 5.79. The molecule has 0 radical (unpaired) electrons. The minimum absolute atomic E-state index is 0.473. The Morgan fingerprint density at radius 3 is 2.75 bits per heavy atom. The number of rotatable bonds is 3. The summed E-state index contributed by atoms with van der Waals surface area (Å²) in [5.74, 6) is 0.473. The van der Waals surface area contributed by atoms with Gasteiger partial charge in [0.2, 0.25) is 0 Å². The third-order valence-corrected chi connectivity index (χ3v) is 5.69. The second-order valence-electron chi connectivity index (χ2n) is 7.01. The second-order valence-corrected chi connectivity index (χ2v) is 7.01. The Hall–Kier alpha value is -1.84. The van der Waals surface area contributed by atoms with Crippen molar-refractivity contribution in [3.05, 3.63) is 65.2 Å². The zero-order valence-electron chi connectivity index (χ0n) is 14.7. The summed E-state index contributed by atoms with van der Waals surface area (Å²) < 4.78 is 0. The first kappa shape index (κ1) is 15.7. The molecule has 0 saturated carbocycles. The quantitative estimate of drug-likeness (QED) is 0.936. The summed E-state index contributed by atoms with van der Waals surface area (Å²) >= 11 is 0. The molecule has 0 aliphatic carbocycles. The molecule has 0 unspecified atom stereocenters. The van der Waals surface area contributed by atoms with E-state index in [1.54, 1.807) is 0 Å². The molecule has 2 aliphatic heterocycles. The zero-order valence-corrected chi connectivity index (χ0v) is 14.7. The lowest BCUT2D eigenvalue weighted by atomic mass is 9.80. The standard InChI is InChI=1S/C21H27N3/c1-3-23(2)17-9-10-18-19(13-17)20(16-7-5-4-6-8-16)15-24-12-11-22-14-21(18)24/h4-10,13,20-22H,3,11-12,14-15H2,1-2H3/t20-,21+/m0/s1. The molecular formula is C21H27N3. The van der Waals surface area contributed by atoms with Gasteiger partial charge in [0, 0.05) is 57.4 Å². The number of nitrogens with zero attached hydrogens (tertiary/aromatic N) is 2. The molecule has 2 aliphatic rings. The van der Waals surface area contributed by atoms with Crippen LogP contribution in [0, 0.1) is 0 Å². The Morgan fingerprint density at radius 1 is 1.12 bits per heavy atom. The minimum Gasteiger partial charge on any atom is -0.375 e. The summed E-state index contributed by atoms with van der Waals surface area (Å²) in [7, 11) is 2.18. The number of piperazine rings is 1. The van der Waals surface area contributed by atoms with Gasteiger partial charge in [-0.05, 0) is 35.7 Å². The lowest BCUT2D eigenvalue weighted by molar-refractivity contribution is 0.143. The van der Waals surface area contributed by atoms with Crippen LogP contribution in [-0.2, 0) is 0 Å². The van der Waals surface area contributed by atoms with Gasteiger partial charge in [0.15, 0.2) is 0 Å². The third kappa shape index (κ3) is 2.72. The van der Waals surface area contributed by atoms with E-state index in [2.05, 4.69) is 77.6 Å². The molecule has 0 spiro atoms. The summed E-state index contributed by atoms with van der Waals surface area (Å²) in [5, 5.41) is 3.58. The lowest BCUT2D eigenvalue weighted by Gasteiger charge is -2.44. The van der Waals surface area contributed by atoms with Crippen LogP contribution in [0.25, 0.3) is 0 Å². The monoisotopic (exact) mass is 321 g/mol. The normalized spacial score (nSPS) is 23.4. The molecule has 0 amide bonds. The van der Waals surface area contributed by atoms with Gasteiger partial charge < -0.3 is 10.2 Å². The van der Waals surface area contributed by atoms with Gasteiger partial charge in [-0.1, -0.05) is 36.4 Å². The van der Waals surface area contributed by atoms with Crippen LogP contribution in [0.5, 0.6) is 0 Å². The summed E-state index contributed by atoms with van der Waals surface area (Å²) in [6, 6.07) is 18.6. The number of anilines is 1. The van der Waals surface area contributed by atoms with Gasteiger partial charge in [-0.3, -0.25) is 4.90 Å². The summed E-state index contributed by atoms with van der Waals surface area (Å²) in [6.07, 6.45) is 0. The van der Waals surface area contributed by atoms with Gasteiger partial charge in [-0.2, -0.15) is 0 Å². The molecule has 0 aromatic heterocycles.